The summed E-state index contributed by atoms with van der Waals surface area (Å²) in [6.45, 7) is 4.00. The molecule has 3 heteroatoms. The van der Waals surface area contributed by atoms with E-state index < -0.39 is 7.92 Å². The topological polar surface area (TPSA) is 9.86 Å². The molecule has 0 aliphatic carbocycles. The number of benzene rings is 7. The quantitative estimate of drug-likeness (QED) is 0.169. The summed E-state index contributed by atoms with van der Waals surface area (Å²) in [5.74, 6) is 0. The van der Waals surface area contributed by atoms with Crippen LogP contribution < -0.4 is 15.9 Å². The van der Waals surface area contributed by atoms with E-state index in [-0.39, 0.29) is 0 Å². The maximum atomic E-state index is 2.47. The van der Waals surface area contributed by atoms with Crippen LogP contribution in [0.3, 0.4) is 0 Å². The first-order chi connectivity index (χ1) is 23.4. The molecule has 0 amide bonds. The fourth-order valence-electron chi connectivity index (χ4n) is 6.97. The fraction of sp³-hybridized carbons (Fsp3) is 0.0455. The van der Waals surface area contributed by atoms with Crippen molar-refractivity contribution in [1.29, 1.82) is 0 Å². The molecule has 9 rings (SSSR count). The molecule has 0 N–H and O–H groups in total. The maximum Gasteiger partial charge on any atom is 0.0788 e. The van der Waals surface area contributed by atoms with Gasteiger partial charge in [-0.1, -0.05) is 153 Å². The van der Waals surface area contributed by atoms with Crippen molar-refractivity contribution >= 4 is 67.4 Å². The summed E-state index contributed by atoms with van der Waals surface area (Å²) in [6, 6.07) is 64.2. The summed E-state index contributed by atoms with van der Waals surface area (Å²) in [7, 11) is -0.676. The standard InChI is InChI=1S/C42H29N2P.C2H6/c1-4-14-30(15-5-1)43-39-22-12-10-20-35(39)37-28-29-38-36-21-11-13-23-40(36)44(42(38)41(37)43)31-24-26-34(27-25-31)45(32-16-6-2-7-17-32)33-18-8-3-9-19-33;1-2/h1-29H;1-2H3. The molecule has 9 aromatic rings. The first-order valence-electron chi connectivity index (χ1n) is 16.4. The van der Waals surface area contributed by atoms with Crippen LogP contribution in [0.25, 0.3) is 55.0 Å². The number of rotatable bonds is 5. The van der Waals surface area contributed by atoms with E-state index in [1.807, 2.05) is 13.8 Å². The minimum atomic E-state index is -0.676. The van der Waals surface area contributed by atoms with E-state index in [0.29, 0.717) is 0 Å². The monoisotopic (exact) mass is 622 g/mol. The van der Waals surface area contributed by atoms with Gasteiger partial charge in [-0.3, -0.25) is 0 Å². The van der Waals surface area contributed by atoms with E-state index in [4.69, 9.17) is 0 Å². The average Bonchev–Trinajstić information content (AvgIpc) is 3.67. The van der Waals surface area contributed by atoms with Gasteiger partial charge in [0.1, 0.15) is 0 Å². The van der Waals surface area contributed by atoms with Crippen LogP contribution >= 0.6 is 7.92 Å². The Labute approximate surface area is 276 Å². The van der Waals surface area contributed by atoms with Crippen LogP contribution in [0.4, 0.5) is 0 Å². The van der Waals surface area contributed by atoms with Crippen LogP contribution in [0.5, 0.6) is 0 Å². The SMILES string of the molecule is CC.c1ccc(-n2c3ccccc3c3ccc4c5ccccc5n(-c5ccc(P(c6ccccc6)c6ccccc6)cc5)c4c32)cc1. The Morgan fingerprint density at radius 2 is 0.681 bits per heavy atom. The zero-order valence-electron chi connectivity index (χ0n) is 26.6. The first kappa shape index (κ1) is 29.0. The lowest BCUT2D eigenvalue weighted by atomic mass is 10.1. The third-order valence-corrected chi connectivity index (χ3v) is 11.3. The van der Waals surface area contributed by atoms with Gasteiger partial charge in [0.2, 0.25) is 0 Å². The largest absolute Gasteiger partial charge is 0.307 e. The molecule has 0 aliphatic rings. The second-order valence-electron chi connectivity index (χ2n) is 11.4. The Bertz CT molecular complexity index is 2420. The highest BCUT2D eigenvalue weighted by molar-refractivity contribution is 7.79. The van der Waals surface area contributed by atoms with Crippen molar-refractivity contribution < 1.29 is 0 Å². The lowest BCUT2D eigenvalue weighted by Crippen LogP contribution is -2.20. The van der Waals surface area contributed by atoms with Gasteiger partial charge in [0.05, 0.1) is 22.1 Å². The van der Waals surface area contributed by atoms with Crippen molar-refractivity contribution in [1.82, 2.24) is 9.13 Å². The Balaban J connectivity index is 0.00000159. The van der Waals surface area contributed by atoms with Crippen molar-refractivity contribution in [3.63, 3.8) is 0 Å². The normalized spacial score (nSPS) is 11.4. The average molecular weight is 623 g/mol. The molecule has 0 fully saturated rings. The number of para-hydroxylation sites is 3. The Morgan fingerprint density at radius 1 is 0.319 bits per heavy atom. The van der Waals surface area contributed by atoms with Gasteiger partial charge >= 0.3 is 0 Å². The van der Waals surface area contributed by atoms with Crippen molar-refractivity contribution in [2.75, 3.05) is 0 Å². The van der Waals surface area contributed by atoms with Gasteiger partial charge in [-0.15, -0.1) is 0 Å². The lowest BCUT2D eigenvalue weighted by molar-refractivity contribution is 1.15. The predicted octanol–water partition coefficient (Wildman–Crippen LogP) is 10.7. The molecule has 0 unspecified atom stereocenters. The van der Waals surface area contributed by atoms with Gasteiger partial charge in [0.25, 0.3) is 0 Å². The zero-order chi connectivity index (χ0) is 31.7. The van der Waals surface area contributed by atoms with E-state index >= 15 is 0 Å². The van der Waals surface area contributed by atoms with E-state index in [1.165, 1.54) is 70.9 Å². The molecule has 0 saturated carbocycles. The molecule has 0 atom stereocenters. The predicted molar refractivity (Wildman–Crippen MR) is 205 cm³/mol. The van der Waals surface area contributed by atoms with Crippen molar-refractivity contribution in [3.05, 3.63) is 176 Å². The summed E-state index contributed by atoms with van der Waals surface area (Å²) >= 11 is 0. The van der Waals surface area contributed by atoms with E-state index in [2.05, 4.69) is 185 Å². The summed E-state index contributed by atoms with van der Waals surface area (Å²) in [4.78, 5) is 0. The van der Waals surface area contributed by atoms with Crippen LogP contribution in [0.2, 0.25) is 0 Å². The van der Waals surface area contributed by atoms with Gasteiger partial charge in [-0.2, -0.15) is 0 Å². The number of fused-ring (bicyclic) bond motifs is 7. The third kappa shape index (κ3) is 4.85. The molecule has 47 heavy (non-hydrogen) atoms. The van der Waals surface area contributed by atoms with E-state index in [1.54, 1.807) is 0 Å². The molecule has 0 spiro atoms. The van der Waals surface area contributed by atoms with E-state index in [0.717, 1.165) is 0 Å². The number of aromatic nitrogens is 2. The van der Waals surface area contributed by atoms with Crippen molar-refractivity contribution in [2.24, 2.45) is 0 Å². The van der Waals surface area contributed by atoms with Gasteiger partial charge in [0, 0.05) is 32.9 Å². The number of hydrogen-bond acceptors (Lipinski definition) is 0. The minimum absolute atomic E-state index is 0.676. The molecular formula is C44H35N2P. The van der Waals surface area contributed by atoms with Gasteiger partial charge in [-0.25, -0.2) is 0 Å². The highest BCUT2D eigenvalue weighted by Crippen LogP contribution is 2.42. The molecule has 0 bridgehead atoms. The Morgan fingerprint density at radius 3 is 1.15 bits per heavy atom. The van der Waals surface area contributed by atoms with Crippen LogP contribution in [-0.2, 0) is 0 Å². The number of hydrogen-bond donors (Lipinski definition) is 0. The smallest absolute Gasteiger partial charge is 0.0788 e. The summed E-state index contributed by atoms with van der Waals surface area (Å²) < 4.78 is 4.92. The molecule has 2 nitrogen and oxygen atoms in total. The number of nitrogens with zero attached hydrogens (tertiary/aromatic N) is 2. The Kier molecular flexibility index (Phi) is 7.65. The van der Waals surface area contributed by atoms with Gasteiger partial charge < -0.3 is 9.13 Å². The Hall–Kier alpha value is -5.43. The molecule has 7 aromatic carbocycles. The van der Waals surface area contributed by atoms with Crippen LogP contribution in [-0.4, -0.2) is 9.13 Å². The molecular weight excluding hydrogens is 587 g/mol. The van der Waals surface area contributed by atoms with Crippen LogP contribution in [0, 0.1) is 0 Å². The minimum Gasteiger partial charge on any atom is -0.307 e. The lowest BCUT2D eigenvalue weighted by Gasteiger charge is -2.20. The van der Waals surface area contributed by atoms with Crippen LogP contribution in [0.1, 0.15) is 13.8 Å². The molecule has 2 aromatic heterocycles. The summed E-state index contributed by atoms with van der Waals surface area (Å²) in [6.07, 6.45) is 0. The molecule has 0 radical (unpaired) electrons. The van der Waals surface area contributed by atoms with Crippen molar-refractivity contribution in [2.45, 2.75) is 13.8 Å². The first-order valence-corrected chi connectivity index (χ1v) is 17.7. The molecule has 0 saturated heterocycles. The molecule has 0 aliphatic heterocycles. The summed E-state index contributed by atoms with van der Waals surface area (Å²) in [5, 5.41) is 9.11. The second kappa shape index (κ2) is 12.4. The van der Waals surface area contributed by atoms with Crippen molar-refractivity contribution in [3.8, 4) is 11.4 Å². The fourth-order valence-corrected chi connectivity index (χ4v) is 9.25. The molecule has 2 heterocycles. The third-order valence-electron chi connectivity index (χ3n) is 8.88. The molecule has 226 valence electrons. The zero-order valence-corrected chi connectivity index (χ0v) is 27.5. The summed E-state index contributed by atoms with van der Waals surface area (Å²) in [5.41, 5.74) is 7.23. The van der Waals surface area contributed by atoms with Gasteiger partial charge in [0.15, 0.2) is 0 Å². The van der Waals surface area contributed by atoms with E-state index in [9.17, 15) is 0 Å². The van der Waals surface area contributed by atoms with Gasteiger partial charge in [-0.05, 0) is 60.2 Å². The maximum absolute atomic E-state index is 2.47. The highest BCUT2D eigenvalue weighted by atomic mass is 31.1. The highest BCUT2D eigenvalue weighted by Gasteiger charge is 2.22. The second-order valence-corrected chi connectivity index (χ2v) is 13.6. The van der Waals surface area contributed by atoms with Crippen LogP contribution in [0.15, 0.2) is 176 Å².